The number of imidazole rings is 1. The summed E-state index contributed by atoms with van der Waals surface area (Å²) in [7, 11) is -3.43. The van der Waals surface area contributed by atoms with Gasteiger partial charge in [0.1, 0.15) is 21.7 Å². The summed E-state index contributed by atoms with van der Waals surface area (Å²) >= 11 is 0. The highest BCUT2D eigenvalue weighted by Gasteiger charge is 2.25. The van der Waals surface area contributed by atoms with E-state index < -0.39 is 21.6 Å². The van der Waals surface area contributed by atoms with E-state index in [9.17, 15) is 13.2 Å². The van der Waals surface area contributed by atoms with E-state index in [2.05, 4.69) is 9.97 Å². The van der Waals surface area contributed by atoms with Crippen LogP contribution in [0.2, 0.25) is 0 Å². The van der Waals surface area contributed by atoms with Crippen LogP contribution < -0.4 is 10.4 Å². The molecule has 1 atom stereocenters. The Hall–Kier alpha value is -3.12. The van der Waals surface area contributed by atoms with Gasteiger partial charge in [-0.1, -0.05) is 12.1 Å². The Balaban J connectivity index is 2.24. The van der Waals surface area contributed by atoms with E-state index in [-0.39, 0.29) is 11.4 Å². The van der Waals surface area contributed by atoms with Crippen molar-refractivity contribution in [3.63, 3.8) is 0 Å². The van der Waals surface area contributed by atoms with Crippen molar-refractivity contribution in [2.75, 3.05) is 18.6 Å². The van der Waals surface area contributed by atoms with Gasteiger partial charge in [0.2, 0.25) is 0 Å². The SMILES string of the molecule is CCOc1cc([C@@H](CS(C)(=O)=O)n2c(=O)[nH]c3cc(C#N)cnc32)ccc1C. The number of pyridine rings is 1. The Morgan fingerprint density at radius 1 is 1.36 bits per heavy atom. The topological polar surface area (TPSA) is 118 Å². The maximum Gasteiger partial charge on any atom is 0.328 e. The predicted octanol–water partition coefficient (Wildman–Crippen LogP) is 1.94. The van der Waals surface area contributed by atoms with Crippen LogP contribution in [-0.4, -0.2) is 41.6 Å². The fourth-order valence-electron chi connectivity index (χ4n) is 3.10. The Bertz CT molecular complexity index is 1240. The van der Waals surface area contributed by atoms with Crippen LogP contribution >= 0.6 is 0 Å². The lowest BCUT2D eigenvalue weighted by Crippen LogP contribution is -2.28. The van der Waals surface area contributed by atoms with Crippen molar-refractivity contribution >= 4 is 21.0 Å². The highest BCUT2D eigenvalue weighted by atomic mass is 32.2. The van der Waals surface area contributed by atoms with Crippen molar-refractivity contribution in [1.29, 1.82) is 5.26 Å². The van der Waals surface area contributed by atoms with Crippen LogP contribution in [0, 0.1) is 18.3 Å². The molecule has 0 spiro atoms. The monoisotopic (exact) mass is 400 g/mol. The van der Waals surface area contributed by atoms with Crippen molar-refractivity contribution in [1.82, 2.24) is 14.5 Å². The molecule has 1 aromatic carbocycles. The van der Waals surface area contributed by atoms with Gasteiger partial charge in [-0.15, -0.1) is 0 Å². The molecule has 0 fully saturated rings. The van der Waals surface area contributed by atoms with Gasteiger partial charge in [0.15, 0.2) is 5.65 Å². The molecule has 1 N–H and O–H groups in total. The van der Waals surface area contributed by atoms with Crippen molar-refractivity contribution in [3.8, 4) is 11.8 Å². The van der Waals surface area contributed by atoms with Crippen LogP contribution in [0.25, 0.3) is 11.2 Å². The second-order valence-corrected chi connectivity index (χ2v) is 8.76. The molecule has 0 aliphatic rings. The molecule has 8 nitrogen and oxygen atoms in total. The first-order chi connectivity index (χ1) is 13.2. The van der Waals surface area contributed by atoms with E-state index in [0.717, 1.165) is 11.8 Å². The molecule has 0 unspecified atom stereocenters. The number of nitrogens with one attached hydrogen (secondary N) is 1. The minimum atomic E-state index is -3.43. The molecule has 3 rings (SSSR count). The van der Waals surface area contributed by atoms with Gasteiger partial charge in [0.05, 0.1) is 29.5 Å². The summed E-state index contributed by atoms with van der Waals surface area (Å²) in [5, 5.41) is 9.04. The van der Waals surface area contributed by atoms with Gasteiger partial charge in [-0.3, -0.25) is 4.57 Å². The molecule has 0 aliphatic carbocycles. The third kappa shape index (κ3) is 3.92. The Kier molecular flexibility index (Phi) is 5.25. The highest BCUT2D eigenvalue weighted by Crippen LogP contribution is 2.28. The molecule has 2 heterocycles. The molecule has 0 bridgehead atoms. The first kappa shape index (κ1) is 19.6. The van der Waals surface area contributed by atoms with Gasteiger partial charge in [-0.2, -0.15) is 5.26 Å². The smallest absolute Gasteiger partial charge is 0.328 e. The average molecular weight is 400 g/mol. The van der Waals surface area contributed by atoms with E-state index in [1.165, 1.54) is 16.8 Å². The second kappa shape index (κ2) is 7.48. The molecule has 0 saturated carbocycles. The number of benzene rings is 1. The summed E-state index contributed by atoms with van der Waals surface area (Å²) in [6, 6.07) is 8.05. The molecule has 3 aromatic rings. The molecule has 0 saturated heterocycles. The van der Waals surface area contributed by atoms with Crippen LogP contribution in [-0.2, 0) is 9.84 Å². The molecule has 146 valence electrons. The number of fused-ring (bicyclic) bond motifs is 1. The normalized spacial score (nSPS) is 12.6. The average Bonchev–Trinajstić information content (AvgIpc) is 2.95. The van der Waals surface area contributed by atoms with E-state index in [1.807, 2.05) is 26.0 Å². The second-order valence-electron chi connectivity index (χ2n) is 6.57. The van der Waals surface area contributed by atoms with Gasteiger partial charge < -0.3 is 9.72 Å². The van der Waals surface area contributed by atoms with Crippen molar-refractivity contribution < 1.29 is 13.2 Å². The number of aryl methyl sites for hydroxylation is 1. The lowest BCUT2D eigenvalue weighted by molar-refractivity contribution is 0.337. The largest absolute Gasteiger partial charge is 0.494 e. The number of H-pyrrole nitrogens is 1. The number of aromatic amines is 1. The quantitative estimate of drug-likeness (QED) is 0.675. The number of nitrogens with zero attached hydrogens (tertiary/aromatic N) is 3. The van der Waals surface area contributed by atoms with Crippen LogP contribution in [0.4, 0.5) is 0 Å². The fraction of sp³-hybridized carbons (Fsp3) is 0.316. The van der Waals surface area contributed by atoms with Crippen LogP contribution in [0.15, 0.2) is 35.3 Å². The molecular weight excluding hydrogens is 380 g/mol. The molecule has 2 aromatic heterocycles. The fourth-order valence-corrected chi connectivity index (χ4v) is 4.02. The zero-order valence-electron chi connectivity index (χ0n) is 15.8. The molecule has 0 aliphatic heterocycles. The van der Waals surface area contributed by atoms with Crippen LogP contribution in [0.3, 0.4) is 0 Å². The van der Waals surface area contributed by atoms with Gasteiger partial charge in [-0.05, 0) is 37.1 Å². The number of hydrogen-bond acceptors (Lipinski definition) is 6. The standard InChI is InChI=1S/C19H20N4O4S/c1-4-27-17-8-14(6-5-12(17)2)16(11-28(3,25)26)23-18-15(22-19(23)24)7-13(9-20)10-21-18/h5-8,10,16H,4,11H2,1-3H3,(H,22,24)/t16-/m1/s1. The summed E-state index contributed by atoms with van der Waals surface area (Å²) in [5.74, 6) is 0.349. The first-order valence-electron chi connectivity index (χ1n) is 8.65. The third-order valence-electron chi connectivity index (χ3n) is 4.35. The summed E-state index contributed by atoms with van der Waals surface area (Å²) in [5.41, 5.74) is 2.00. The van der Waals surface area contributed by atoms with Crippen molar-refractivity contribution in [3.05, 3.63) is 57.6 Å². The van der Waals surface area contributed by atoms with E-state index in [0.29, 0.717) is 29.0 Å². The van der Waals surface area contributed by atoms with Crippen LogP contribution in [0.5, 0.6) is 5.75 Å². The number of aromatic nitrogens is 3. The number of rotatable bonds is 6. The summed E-state index contributed by atoms with van der Waals surface area (Å²) < 4.78 is 31.2. The maximum atomic E-state index is 12.7. The Morgan fingerprint density at radius 2 is 2.11 bits per heavy atom. The third-order valence-corrected chi connectivity index (χ3v) is 5.27. The molecule has 0 amide bonds. The molecular formula is C19H20N4O4S. The zero-order chi connectivity index (χ0) is 20.5. The summed E-state index contributed by atoms with van der Waals surface area (Å²) in [6.07, 6.45) is 2.48. The minimum absolute atomic E-state index is 0.282. The van der Waals surface area contributed by atoms with E-state index >= 15 is 0 Å². The van der Waals surface area contributed by atoms with Gasteiger partial charge >= 0.3 is 5.69 Å². The van der Waals surface area contributed by atoms with Gasteiger partial charge in [0.25, 0.3) is 0 Å². The van der Waals surface area contributed by atoms with Crippen molar-refractivity contribution in [2.24, 2.45) is 0 Å². The predicted molar refractivity (Wildman–Crippen MR) is 105 cm³/mol. The lowest BCUT2D eigenvalue weighted by atomic mass is 10.1. The molecule has 28 heavy (non-hydrogen) atoms. The Labute approximate surface area is 162 Å². The number of ether oxygens (including phenoxy) is 1. The number of nitriles is 1. The minimum Gasteiger partial charge on any atom is -0.494 e. The van der Waals surface area contributed by atoms with Gasteiger partial charge in [0, 0.05) is 12.5 Å². The van der Waals surface area contributed by atoms with E-state index in [1.54, 1.807) is 12.1 Å². The number of sulfone groups is 1. The van der Waals surface area contributed by atoms with Crippen molar-refractivity contribution in [2.45, 2.75) is 19.9 Å². The summed E-state index contributed by atoms with van der Waals surface area (Å²) in [6.45, 7) is 4.22. The Morgan fingerprint density at radius 3 is 2.75 bits per heavy atom. The van der Waals surface area contributed by atoms with Gasteiger partial charge in [-0.25, -0.2) is 18.2 Å². The first-order valence-corrected chi connectivity index (χ1v) is 10.7. The lowest BCUT2D eigenvalue weighted by Gasteiger charge is -2.19. The maximum absolute atomic E-state index is 12.7. The summed E-state index contributed by atoms with van der Waals surface area (Å²) in [4.78, 5) is 19.5. The van der Waals surface area contributed by atoms with E-state index in [4.69, 9.17) is 10.00 Å². The van der Waals surface area contributed by atoms with Crippen LogP contribution in [0.1, 0.15) is 29.7 Å². The zero-order valence-corrected chi connectivity index (χ0v) is 16.6. The number of hydrogen-bond donors (Lipinski definition) is 1. The molecule has 9 heteroatoms. The molecule has 0 radical (unpaired) electrons. The highest BCUT2D eigenvalue weighted by molar-refractivity contribution is 7.90.